The van der Waals surface area contributed by atoms with Crippen LogP contribution in [0.15, 0.2) is 29.1 Å². The third-order valence-electron chi connectivity index (χ3n) is 3.22. The molecule has 4 N–H and O–H groups in total. The number of nitrogens with two attached hydrogens (primary N) is 1. The molecule has 1 unspecified atom stereocenters. The highest BCUT2D eigenvalue weighted by molar-refractivity contribution is 6.30. The van der Waals surface area contributed by atoms with Crippen molar-refractivity contribution in [2.24, 2.45) is 0 Å². The summed E-state index contributed by atoms with van der Waals surface area (Å²) in [5, 5.41) is 3.12. The molecule has 0 radical (unpaired) electrons. The Labute approximate surface area is 119 Å². The number of hydrogen-bond acceptors (Lipinski definition) is 4. The Balaban J connectivity index is 2.20. The fourth-order valence-electron chi connectivity index (χ4n) is 2.40. The Kier molecular flexibility index (Phi) is 2.94. The predicted octanol–water partition coefficient (Wildman–Crippen LogP) is 1.48. The maximum Gasteiger partial charge on any atom is 0.258 e. The number of nitrogens with zero attached hydrogens (tertiary/aromatic N) is 1. The number of aromatic nitrogens is 2. The molecule has 20 heavy (non-hydrogen) atoms. The van der Waals surface area contributed by atoms with Crippen LogP contribution >= 0.6 is 11.6 Å². The van der Waals surface area contributed by atoms with E-state index in [0.29, 0.717) is 10.6 Å². The number of rotatable bonds is 1. The summed E-state index contributed by atoms with van der Waals surface area (Å²) in [6.45, 7) is 0. The highest BCUT2D eigenvalue weighted by Gasteiger charge is 2.30. The molecule has 7 heteroatoms. The molecule has 0 saturated heterocycles. The van der Waals surface area contributed by atoms with E-state index in [-0.39, 0.29) is 35.6 Å². The second-order valence-corrected chi connectivity index (χ2v) is 5.01. The van der Waals surface area contributed by atoms with Gasteiger partial charge in [0.15, 0.2) is 0 Å². The molecule has 102 valence electrons. The van der Waals surface area contributed by atoms with Gasteiger partial charge in [-0.15, -0.1) is 0 Å². The van der Waals surface area contributed by atoms with Gasteiger partial charge in [0, 0.05) is 17.4 Å². The standard InChI is InChI=1S/C13H11ClN4O2/c14-7-3-1-2-6(4-7)8-5-9(19)16-11-10(8)12(20)18-13(15)17-11/h1-4,8H,5H2,(H4,15,16,17,18,19,20). The quantitative estimate of drug-likeness (QED) is 0.740. The highest BCUT2D eigenvalue weighted by Crippen LogP contribution is 2.34. The number of carbonyl (C=O) groups excluding carboxylic acids is 1. The van der Waals surface area contributed by atoms with Crippen LogP contribution in [0.25, 0.3) is 0 Å². The van der Waals surface area contributed by atoms with E-state index in [9.17, 15) is 9.59 Å². The van der Waals surface area contributed by atoms with Crippen molar-refractivity contribution >= 4 is 29.3 Å². The lowest BCUT2D eigenvalue weighted by molar-refractivity contribution is -0.116. The summed E-state index contributed by atoms with van der Waals surface area (Å²) in [6, 6.07) is 7.09. The first-order valence-electron chi connectivity index (χ1n) is 5.99. The third kappa shape index (κ3) is 2.14. The normalized spacial score (nSPS) is 17.4. The molecule has 1 aliphatic heterocycles. The molecule has 0 spiro atoms. The summed E-state index contributed by atoms with van der Waals surface area (Å²) in [5.74, 6) is -0.400. The van der Waals surface area contributed by atoms with E-state index in [0.717, 1.165) is 5.56 Å². The van der Waals surface area contributed by atoms with Gasteiger partial charge in [-0.3, -0.25) is 14.6 Å². The number of amides is 1. The van der Waals surface area contributed by atoms with Crippen molar-refractivity contribution in [3.8, 4) is 0 Å². The van der Waals surface area contributed by atoms with Crippen LogP contribution < -0.4 is 16.6 Å². The minimum Gasteiger partial charge on any atom is -0.369 e. The van der Waals surface area contributed by atoms with Gasteiger partial charge < -0.3 is 11.1 Å². The number of nitrogens with one attached hydrogen (secondary N) is 2. The van der Waals surface area contributed by atoms with Crippen molar-refractivity contribution in [2.75, 3.05) is 11.1 Å². The molecule has 0 fully saturated rings. The predicted molar refractivity (Wildman–Crippen MR) is 75.8 cm³/mol. The van der Waals surface area contributed by atoms with Gasteiger partial charge in [0.1, 0.15) is 5.82 Å². The number of nitrogen functional groups attached to an aromatic ring is 1. The smallest absolute Gasteiger partial charge is 0.258 e. The SMILES string of the molecule is Nc1nc2c(c(=O)[nH]1)C(c1cccc(Cl)c1)CC(=O)N2. The Morgan fingerprint density at radius 3 is 2.90 bits per heavy atom. The number of anilines is 2. The minimum atomic E-state index is -0.380. The molecular weight excluding hydrogens is 280 g/mol. The minimum absolute atomic E-state index is 0.0270. The van der Waals surface area contributed by atoms with E-state index in [1.54, 1.807) is 18.2 Å². The number of H-pyrrole nitrogens is 1. The molecule has 0 aliphatic carbocycles. The monoisotopic (exact) mass is 290 g/mol. The molecule has 3 rings (SSSR count). The average molecular weight is 291 g/mol. The lowest BCUT2D eigenvalue weighted by atomic mass is 9.87. The summed E-state index contributed by atoms with van der Waals surface area (Å²) in [6.07, 6.45) is 0.169. The number of hydrogen-bond donors (Lipinski definition) is 3. The molecule has 2 heterocycles. The van der Waals surface area contributed by atoms with Crippen LogP contribution in [0.1, 0.15) is 23.5 Å². The third-order valence-corrected chi connectivity index (χ3v) is 3.46. The van der Waals surface area contributed by atoms with Crippen LogP contribution in [0.2, 0.25) is 5.02 Å². The van der Waals surface area contributed by atoms with E-state index >= 15 is 0 Å². The van der Waals surface area contributed by atoms with Gasteiger partial charge in [0.2, 0.25) is 11.9 Å². The van der Waals surface area contributed by atoms with Gasteiger partial charge in [-0.1, -0.05) is 23.7 Å². The lowest BCUT2D eigenvalue weighted by Crippen LogP contribution is -2.31. The fourth-order valence-corrected chi connectivity index (χ4v) is 2.60. The van der Waals surface area contributed by atoms with Crippen molar-refractivity contribution in [2.45, 2.75) is 12.3 Å². The van der Waals surface area contributed by atoms with Crippen LogP contribution in [-0.2, 0) is 4.79 Å². The first-order valence-corrected chi connectivity index (χ1v) is 6.37. The summed E-state index contributed by atoms with van der Waals surface area (Å²) in [5.41, 5.74) is 6.35. The summed E-state index contributed by atoms with van der Waals surface area (Å²) >= 11 is 5.97. The molecular formula is C13H11ClN4O2. The van der Waals surface area contributed by atoms with E-state index < -0.39 is 0 Å². The van der Waals surface area contributed by atoms with Gasteiger partial charge in [-0.25, -0.2) is 0 Å². The Hall–Kier alpha value is -2.34. The number of aromatic amines is 1. The second-order valence-electron chi connectivity index (χ2n) is 4.57. The van der Waals surface area contributed by atoms with E-state index in [2.05, 4.69) is 15.3 Å². The molecule has 2 aromatic rings. The summed E-state index contributed by atoms with van der Waals surface area (Å²) < 4.78 is 0. The summed E-state index contributed by atoms with van der Waals surface area (Å²) in [7, 11) is 0. The molecule has 6 nitrogen and oxygen atoms in total. The fraction of sp³-hybridized carbons (Fsp3) is 0.154. The highest BCUT2D eigenvalue weighted by atomic mass is 35.5. The van der Waals surface area contributed by atoms with E-state index in [1.807, 2.05) is 6.07 Å². The lowest BCUT2D eigenvalue weighted by Gasteiger charge is -2.24. The zero-order valence-electron chi connectivity index (χ0n) is 10.3. The van der Waals surface area contributed by atoms with E-state index in [1.165, 1.54) is 0 Å². The average Bonchev–Trinajstić information content (AvgIpc) is 2.36. The molecule has 1 aromatic carbocycles. The molecule has 1 aromatic heterocycles. The van der Waals surface area contributed by atoms with Crippen molar-refractivity contribution < 1.29 is 4.79 Å². The molecule has 1 amide bonds. The number of benzene rings is 1. The Morgan fingerprint density at radius 1 is 1.35 bits per heavy atom. The number of halogens is 1. The van der Waals surface area contributed by atoms with Gasteiger partial charge in [-0.05, 0) is 17.7 Å². The first kappa shape index (κ1) is 12.7. The van der Waals surface area contributed by atoms with Crippen LogP contribution in [0.3, 0.4) is 0 Å². The molecule has 1 aliphatic rings. The van der Waals surface area contributed by atoms with Crippen molar-refractivity contribution in [3.05, 3.63) is 50.8 Å². The Bertz CT molecular complexity index is 756. The van der Waals surface area contributed by atoms with Gasteiger partial charge in [0.25, 0.3) is 5.56 Å². The van der Waals surface area contributed by atoms with Crippen LogP contribution in [0.4, 0.5) is 11.8 Å². The zero-order valence-corrected chi connectivity index (χ0v) is 11.1. The van der Waals surface area contributed by atoms with Gasteiger partial charge in [0.05, 0.1) is 5.56 Å². The maximum absolute atomic E-state index is 12.1. The van der Waals surface area contributed by atoms with Crippen molar-refractivity contribution in [1.82, 2.24) is 9.97 Å². The van der Waals surface area contributed by atoms with Gasteiger partial charge in [-0.2, -0.15) is 4.98 Å². The zero-order chi connectivity index (χ0) is 14.3. The second kappa shape index (κ2) is 4.64. The van der Waals surface area contributed by atoms with Crippen molar-refractivity contribution in [3.63, 3.8) is 0 Å². The van der Waals surface area contributed by atoms with Gasteiger partial charge >= 0.3 is 0 Å². The molecule has 0 bridgehead atoms. The molecule has 0 saturated carbocycles. The Morgan fingerprint density at radius 2 is 2.15 bits per heavy atom. The maximum atomic E-state index is 12.1. The first-order chi connectivity index (χ1) is 9.54. The topological polar surface area (TPSA) is 101 Å². The number of fused-ring (bicyclic) bond motifs is 1. The van der Waals surface area contributed by atoms with Crippen LogP contribution in [0.5, 0.6) is 0 Å². The number of carbonyl (C=O) groups is 1. The van der Waals surface area contributed by atoms with E-state index in [4.69, 9.17) is 17.3 Å². The molecule has 1 atom stereocenters. The van der Waals surface area contributed by atoms with Crippen molar-refractivity contribution in [1.29, 1.82) is 0 Å². The van der Waals surface area contributed by atoms with Crippen LogP contribution in [0, 0.1) is 0 Å². The van der Waals surface area contributed by atoms with Crippen LogP contribution in [-0.4, -0.2) is 15.9 Å². The summed E-state index contributed by atoms with van der Waals surface area (Å²) in [4.78, 5) is 30.3. The largest absolute Gasteiger partial charge is 0.369 e.